The Balaban J connectivity index is 2.75. The van der Waals surface area contributed by atoms with Crippen molar-refractivity contribution in [3.05, 3.63) is 23.3 Å². The smallest absolute Gasteiger partial charge is 0.0365 e. The van der Waals surface area contributed by atoms with Gasteiger partial charge in [0.15, 0.2) is 0 Å². The molecule has 0 bridgehead atoms. The fourth-order valence-electron chi connectivity index (χ4n) is 0.921. The molecule has 0 nitrogen and oxygen atoms in total. The Morgan fingerprint density at radius 3 is 2.56 bits per heavy atom. The molecule has 0 aromatic heterocycles. The van der Waals surface area contributed by atoms with Crippen molar-refractivity contribution in [3.8, 4) is 0 Å². The van der Waals surface area contributed by atoms with Gasteiger partial charge in [-0.25, -0.2) is 0 Å². The summed E-state index contributed by atoms with van der Waals surface area (Å²) < 4.78 is 0. The fourth-order valence-corrected chi connectivity index (χ4v) is 1.50. The predicted octanol–water partition coefficient (Wildman–Crippen LogP) is 3.05. The molecule has 0 aromatic carbocycles. The number of halogens is 1. The van der Waals surface area contributed by atoms with Gasteiger partial charge in [0.2, 0.25) is 0 Å². The van der Waals surface area contributed by atoms with Gasteiger partial charge < -0.3 is 0 Å². The summed E-state index contributed by atoms with van der Waals surface area (Å²) in [6.45, 7) is 4.31. The summed E-state index contributed by atoms with van der Waals surface area (Å²) in [5.74, 6) is 0. The van der Waals surface area contributed by atoms with Crippen LogP contribution in [0.5, 0.6) is 0 Å². The van der Waals surface area contributed by atoms with Crippen LogP contribution >= 0.6 is 15.9 Å². The van der Waals surface area contributed by atoms with Crippen LogP contribution in [-0.2, 0) is 0 Å². The Morgan fingerprint density at radius 2 is 2.11 bits per heavy atom. The van der Waals surface area contributed by atoms with Crippen LogP contribution in [0.3, 0.4) is 0 Å². The second-order valence-corrected chi connectivity index (χ2v) is 3.66. The third kappa shape index (κ3) is 1.68. The summed E-state index contributed by atoms with van der Waals surface area (Å²) >= 11 is 3.54. The van der Waals surface area contributed by atoms with Crippen LogP contribution in [0.15, 0.2) is 23.3 Å². The molecular formula is C8H11Br. The lowest BCUT2D eigenvalue weighted by atomic mass is 10.0. The molecule has 1 unspecified atom stereocenters. The minimum atomic E-state index is 0.571. The van der Waals surface area contributed by atoms with E-state index in [-0.39, 0.29) is 0 Å². The molecule has 0 spiro atoms. The molecule has 0 aliphatic heterocycles. The number of rotatable bonds is 0. The molecule has 0 amide bonds. The van der Waals surface area contributed by atoms with Crippen molar-refractivity contribution < 1.29 is 0 Å². The molecule has 0 N–H and O–H groups in total. The lowest BCUT2D eigenvalue weighted by Gasteiger charge is -2.11. The number of hydrogen-bond donors (Lipinski definition) is 0. The standard InChI is InChI=1S/C8H11Br/c1-6-3-4-8(9)5-7(6)2/h3,5,8H,4H2,1-2H3. The molecule has 9 heavy (non-hydrogen) atoms. The van der Waals surface area contributed by atoms with Crippen LogP contribution in [0, 0.1) is 0 Å². The summed E-state index contributed by atoms with van der Waals surface area (Å²) in [6.07, 6.45) is 5.67. The highest BCUT2D eigenvalue weighted by atomic mass is 79.9. The zero-order chi connectivity index (χ0) is 6.85. The van der Waals surface area contributed by atoms with Crippen LogP contribution in [0.1, 0.15) is 20.3 Å². The van der Waals surface area contributed by atoms with E-state index in [1.54, 1.807) is 0 Å². The molecule has 1 rings (SSSR count). The number of hydrogen-bond acceptors (Lipinski definition) is 0. The lowest BCUT2D eigenvalue weighted by molar-refractivity contribution is 1.02. The molecule has 1 aliphatic rings. The quantitative estimate of drug-likeness (QED) is 0.511. The number of alkyl halides is 1. The van der Waals surface area contributed by atoms with E-state index in [1.807, 2.05) is 0 Å². The van der Waals surface area contributed by atoms with Gasteiger partial charge in [-0.15, -0.1) is 0 Å². The largest absolute Gasteiger partial charge is 0.0842 e. The molecule has 0 heterocycles. The Hall–Kier alpha value is -0.0400. The monoisotopic (exact) mass is 186 g/mol. The Bertz CT molecular complexity index is 165. The topological polar surface area (TPSA) is 0 Å². The van der Waals surface area contributed by atoms with Gasteiger partial charge in [-0.2, -0.15) is 0 Å². The molecule has 0 radical (unpaired) electrons. The molecule has 0 saturated carbocycles. The maximum Gasteiger partial charge on any atom is 0.0365 e. The lowest BCUT2D eigenvalue weighted by Crippen LogP contribution is -1.98. The minimum absolute atomic E-state index is 0.571. The molecule has 1 aliphatic carbocycles. The first kappa shape index (κ1) is 7.07. The van der Waals surface area contributed by atoms with Gasteiger partial charge in [0, 0.05) is 4.83 Å². The van der Waals surface area contributed by atoms with Crippen molar-refractivity contribution in [2.45, 2.75) is 25.1 Å². The average molecular weight is 187 g/mol. The zero-order valence-corrected chi connectivity index (χ0v) is 7.40. The SMILES string of the molecule is CC1=CCC(Br)C=C1C. The van der Waals surface area contributed by atoms with Crippen LogP contribution < -0.4 is 0 Å². The highest BCUT2D eigenvalue weighted by Gasteiger charge is 2.05. The third-order valence-electron chi connectivity index (χ3n) is 1.70. The van der Waals surface area contributed by atoms with E-state index in [1.165, 1.54) is 11.1 Å². The van der Waals surface area contributed by atoms with Crippen LogP contribution in [0.25, 0.3) is 0 Å². The summed E-state index contributed by atoms with van der Waals surface area (Å²) in [5, 5.41) is 0. The predicted molar refractivity (Wildman–Crippen MR) is 44.8 cm³/mol. The average Bonchev–Trinajstić information content (AvgIpc) is 1.80. The van der Waals surface area contributed by atoms with Crippen molar-refractivity contribution in [2.24, 2.45) is 0 Å². The molecular weight excluding hydrogens is 176 g/mol. The van der Waals surface area contributed by atoms with Crippen LogP contribution in [0.4, 0.5) is 0 Å². The normalized spacial score (nSPS) is 27.2. The second-order valence-electron chi connectivity index (χ2n) is 2.49. The maximum absolute atomic E-state index is 3.54. The molecule has 1 atom stereocenters. The van der Waals surface area contributed by atoms with Gasteiger partial charge in [-0.3, -0.25) is 0 Å². The first-order chi connectivity index (χ1) is 4.20. The fraction of sp³-hybridized carbons (Fsp3) is 0.500. The molecule has 50 valence electrons. The van der Waals surface area contributed by atoms with Crippen molar-refractivity contribution in [1.29, 1.82) is 0 Å². The van der Waals surface area contributed by atoms with Gasteiger partial charge in [0.25, 0.3) is 0 Å². The second kappa shape index (κ2) is 2.70. The van der Waals surface area contributed by atoms with E-state index in [0.29, 0.717) is 4.83 Å². The van der Waals surface area contributed by atoms with E-state index in [2.05, 4.69) is 41.9 Å². The summed E-state index contributed by atoms with van der Waals surface area (Å²) in [4.78, 5) is 0.571. The van der Waals surface area contributed by atoms with E-state index >= 15 is 0 Å². The maximum atomic E-state index is 3.54. The number of allylic oxidation sites excluding steroid dienone is 4. The van der Waals surface area contributed by atoms with Gasteiger partial charge in [0.1, 0.15) is 0 Å². The Morgan fingerprint density at radius 1 is 1.44 bits per heavy atom. The van der Waals surface area contributed by atoms with E-state index < -0.39 is 0 Å². The summed E-state index contributed by atoms with van der Waals surface area (Å²) in [7, 11) is 0. The van der Waals surface area contributed by atoms with Crippen molar-refractivity contribution >= 4 is 15.9 Å². The van der Waals surface area contributed by atoms with Crippen LogP contribution in [-0.4, -0.2) is 4.83 Å². The van der Waals surface area contributed by atoms with Gasteiger partial charge in [-0.05, 0) is 20.3 Å². The molecule has 0 fully saturated rings. The first-order valence-corrected chi connectivity index (χ1v) is 4.11. The Labute approximate surface area is 64.8 Å². The molecule has 0 saturated heterocycles. The van der Waals surface area contributed by atoms with Gasteiger partial charge in [0.05, 0.1) is 0 Å². The van der Waals surface area contributed by atoms with Crippen LogP contribution in [0.2, 0.25) is 0 Å². The minimum Gasteiger partial charge on any atom is -0.0842 e. The van der Waals surface area contributed by atoms with Gasteiger partial charge >= 0.3 is 0 Å². The van der Waals surface area contributed by atoms with E-state index in [9.17, 15) is 0 Å². The van der Waals surface area contributed by atoms with Crippen molar-refractivity contribution in [3.63, 3.8) is 0 Å². The van der Waals surface area contributed by atoms with Crippen molar-refractivity contribution in [1.82, 2.24) is 0 Å². The van der Waals surface area contributed by atoms with Crippen molar-refractivity contribution in [2.75, 3.05) is 0 Å². The highest BCUT2D eigenvalue weighted by Crippen LogP contribution is 2.21. The summed E-state index contributed by atoms with van der Waals surface area (Å²) in [6, 6.07) is 0. The van der Waals surface area contributed by atoms with E-state index in [4.69, 9.17) is 0 Å². The van der Waals surface area contributed by atoms with Gasteiger partial charge in [-0.1, -0.05) is 39.2 Å². The van der Waals surface area contributed by atoms with E-state index in [0.717, 1.165) is 6.42 Å². The summed E-state index contributed by atoms with van der Waals surface area (Å²) in [5.41, 5.74) is 2.83. The highest BCUT2D eigenvalue weighted by molar-refractivity contribution is 9.09. The Kier molecular flexibility index (Phi) is 2.12. The molecule has 1 heteroatoms. The zero-order valence-electron chi connectivity index (χ0n) is 5.82. The molecule has 0 aromatic rings. The first-order valence-electron chi connectivity index (χ1n) is 3.20. The third-order valence-corrected chi connectivity index (χ3v) is 2.34.